The van der Waals surface area contributed by atoms with Gasteiger partial charge in [-0.05, 0) is 0 Å². The average Bonchev–Trinajstić information content (AvgIpc) is 2.89. The largest absolute Gasteiger partial charge is 0.394 e. The van der Waals surface area contributed by atoms with E-state index in [1.807, 2.05) is 0 Å². The smallest absolute Gasteiger partial charge is 0.278 e. The molecule has 10 nitrogen and oxygen atoms in total. The monoisotopic (exact) mass is 427 g/mol. The van der Waals surface area contributed by atoms with Gasteiger partial charge in [0, 0.05) is 7.05 Å². The Bertz CT molecular complexity index is 613. The minimum atomic E-state index is -1.23. The molecule has 0 aromatic carbocycles. The van der Waals surface area contributed by atoms with Crippen molar-refractivity contribution in [1.82, 2.24) is 9.97 Å². The Morgan fingerprint density at radius 3 is 2.73 bits per heavy atom. The second-order valence-corrected chi connectivity index (χ2v) is 5.16. The van der Waals surface area contributed by atoms with Crippen molar-refractivity contribution in [3.63, 3.8) is 0 Å². The second kappa shape index (κ2) is 6.16. The number of hydrogen-bond acceptors (Lipinski definition) is 9. The van der Waals surface area contributed by atoms with Gasteiger partial charge in [-0.15, -0.1) is 24.0 Å². The Morgan fingerprint density at radius 2 is 2.14 bits per heavy atom. The number of halogens is 1. The second-order valence-electron chi connectivity index (χ2n) is 5.16. The Hall–Kier alpha value is -1.15. The van der Waals surface area contributed by atoms with Crippen LogP contribution in [0.4, 0.5) is 17.5 Å². The molecule has 6 N–H and O–H groups in total. The van der Waals surface area contributed by atoms with Crippen LogP contribution in [0.1, 0.15) is 0 Å². The number of fused-ring (bicyclic) bond motifs is 1. The van der Waals surface area contributed by atoms with E-state index in [9.17, 15) is 15.0 Å². The molecule has 11 heteroatoms. The highest BCUT2D eigenvalue weighted by Gasteiger charge is 2.48. The molecule has 0 amide bonds. The van der Waals surface area contributed by atoms with Crippen molar-refractivity contribution in [1.29, 1.82) is 0 Å². The number of ether oxygens (including phenoxy) is 1. The third kappa shape index (κ3) is 2.52. The van der Waals surface area contributed by atoms with Crippen LogP contribution in [0.2, 0.25) is 0 Å². The minimum Gasteiger partial charge on any atom is -0.394 e. The maximum atomic E-state index is 11.9. The van der Waals surface area contributed by atoms with E-state index in [4.69, 9.17) is 15.6 Å². The number of aliphatic hydroxyl groups is 3. The van der Waals surface area contributed by atoms with Gasteiger partial charge in [0.2, 0.25) is 5.95 Å². The first-order valence-electron chi connectivity index (χ1n) is 6.44. The van der Waals surface area contributed by atoms with Crippen LogP contribution in [0.3, 0.4) is 0 Å². The molecule has 4 atom stereocenters. The molecular formula is C11H18IN5O5. The zero-order valence-corrected chi connectivity index (χ0v) is 14.0. The Balaban J connectivity index is 0.00000176. The lowest BCUT2D eigenvalue weighted by atomic mass is 10.1. The average molecular weight is 427 g/mol. The number of nitrogens with two attached hydrogens (primary N) is 1. The van der Waals surface area contributed by atoms with E-state index in [2.05, 4.69) is 9.97 Å². The van der Waals surface area contributed by atoms with E-state index in [1.165, 1.54) is 4.90 Å². The van der Waals surface area contributed by atoms with Crippen LogP contribution < -0.4 is 21.1 Å². The molecule has 0 bridgehead atoms. The summed E-state index contributed by atoms with van der Waals surface area (Å²) in [7, 11) is 1.69. The molecule has 0 aliphatic carbocycles. The van der Waals surface area contributed by atoms with Crippen molar-refractivity contribution >= 4 is 41.4 Å². The van der Waals surface area contributed by atoms with Gasteiger partial charge in [-0.1, -0.05) is 0 Å². The number of nitrogens with zero attached hydrogens (tertiary/aromatic N) is 3. The predicted molar refractivity (Wildman–Crippen MR) is 88.2 cm³/mol. The van der Waals surface area contributed by atoms with Crippen LogP contribution in [0, 0.1) is 0 Å². The molecule has 2 aliphatic rings. The summed E-state index contributed by atoms with van der Waals surface area (Å²) in [4.78, 5) is 21.6. The van der Waals surface area contributed by atoms with Crippen molar-refractivity contribution in [2.45, 2.75) is 24.5 Å². The molecule has 3 heterocycles. The highest BCUT2D eigenvalue weighted by molar-refractivity contribution is 14.0. The molecule has 0 radical (unpaired) electrons. The van der Waals surface area contributed by atoms with E-state index < -0.39 is 36.7 Å². The maximum Gasteiger partial charge on any atom is 0.278 e. The lowest BCUT2D eigenvalue weighted by Gasteiger charge is -2.27. The number of H-pyrrole nitrogens is 1. The fourth-order valence-corrected chi connectivity index (χ4v) is 2.72. The fraction of sp³-hybridized carbons (Fsp3) is 0.636. The standard InChI is InChI=1S/C11H17N5O5.HI/c1-15-3-16(8-5(15)9(20)14-11(12)13-8)10-7(19)6(18)4(2-17)21-10;/h4,6-7,10,17-19H,2-3H2,1H3,(H3,12,13,14,20);1H/t4-,6-,7-,10-;/m1./s1. The summed E-state index contributed by atoms with van der Waals surface area (Å²) in [5.41, 5.74) is 5.46. The number of aliphatic hydroxyl groups excluding tert-OH is 3. The molecule has 0 unspecified atom stereocenters. The first-order valence-corrected chi connectivity index (χ1v) is 6.44. The van der Waals surface area contributed by atoms with Crippen molar-refractivity contribution in [2.75, 3.05) is 35.9 Å². The first kappa shape index (κ1) is 17.2. The van der Waals surface area contributed by atoms with Gasteiger partial charge in [0.25, 0.3) is 5.56 Å². The van der Waals surface area contributed by atoms with Gasteiger partial charge >= 0.3 is 0 Å². The summed E-state index contributed by atoms with van der Waals surface area (Å²) in [6.45, 7) is -0.183. The third-order valence-corrected chi connectivity index (χ3v) is 3.74. The summed E-state index contributed by atoms with van der Waals surface area (Å²) in [5, 5.41) is 29.0. The molecule has 1 aromatic rings. The summed E-state index contributed by atoms with van der Waals surface area (Å²) >= 11 is 0. The van der Waals surface area contributed by atoms with Crippen LogP contribution >= 0.6 is 24.0 Å². The molecule has 1 fully saturated rings. The molecule has 0 saturated carbocycles. The normalized spacial score (nSPS) is 30.4. The van der Waals surface area contributed by atoms with Gasteiger partial charge < -0.3 is 35.6 Å². The van der Waals surface area contributed by atoms with Crippen LogP contribution in [0.15, 0.2) is 4.79 Å². The molecule has 3 rings (SSSR count). The van der Waals surface area contributed by atoms with Crippen molar-refractivity contribution in [3.8, 4) is 0 Å². The summed E-state index contributed by atoms with van der Waals surface area (Å²) < 4.78 is 5.46. The summed E-state index contributed by atoms with van der Waals surface area (Å²) in [6, 6.07) is 0. The first-order chi connectivity index (χ1) is 9.93. The van der Waals surface area contributed by atoms with Gasteiger partial charge in [-0.2, -0.15) is 4.98 Å². The number of nitrogens with one attached hydrogen (secondary N) is 1. The van der Waals surface area contributed by atoms with Crippen LogP contribution in [-0.4, -0.2) is 70.2 Å². The number of hydrogen-bond donors (Lipinski definition) is 5. The SMILES string of the molecule is CN1CN([C@@H]2O[C@H](CO)[C@@H](O)[C@H]2O)c2nc(N)[nH]c(=O)c21.I. The summed E-state index contributed by atoms with van der Waals surface area (Å²) in [5.74, 6) is 0.222. The molecule has 2 aliphatic heterocycles. The zero-order chi connectivity index (χ0) is 15.3. The van der Waals surface area contributed by atoms with E-state index in [-0.39, 0.29) is 42.4 Å². The minimum absolute atomic E-state index is 0. The van der Waals surface area contributed by atoms with Gasteiger partial charge in [0.15, 0.2) is 12.0 Å². The van der Waals surface area contributed by atoms with Gasteiger partial charge in [-0.3, -0.25) is 9.78 Å². The quantitative estimate of drug-likeness (QED) is 0.327. The van der Waals surface area contributed by atoms with E-state index >= 15 is 0 Å². The van der Waals surface area contributed by atoms with Gasteiger partial charge in [0.05, 0.1) is 13.3 Å². The molecule has 124 valence electrons. The van der Waals surface area contributed by atoms with Crippen molar-refractivity contribution in [2.24, 2.45) is 0 Å². The molecular weight excluding hydrogens is 409 g/mol. The predicted octanol–water partition coefficient (Wildman–Crippen LogP) is -2.38. The Labute approximate surface area is 142 Å². The topological polar surface area (TPSA) is 148 Å². The number of aromatic amines is 1. The molecule has 22 heavy (non-hydrogen) atoms. The van der Waals surface area contributed by atoms with E-state index in [1.54, 1.807) is 11.9 Å². The lowest BCUT2D eigenvalue weighted by Crippen LogP contribution is -2.45. The molecule has 1 saturated heterocycles. The Morgan fingerprint density at radius 1 is 1.45 bits per heavy atom. The van der Waals surface area contributed by atoms with Crippen LogP contribution in [0.25, 0.3) is 0 Å². The van der Waals surface area contributed by atoms with E-state index in [0.717, 1.165) is 0 Å². The highest BCUT2D eigenvalue weighted by atomic mass is 127. The van der Waals surface area contributed by atoms with Crippen molar-refractivity contribution in [3.05, 3.63) is 10.4 Å². The zero-order valence-electron chi connectivity index (χ0n) is 11.7. The lowest BCUT2D eigenvalue weighted by molar-refractivity contribution is -0.0221. The Kier molecular flexibility index (Phi) is 4.81. The fourth-order valence-electron chi connectivity index (χ4n) is 2.72. The van der Waals surface area contributed by atoms with Crippen molar-refractivity contribution < 1.29 is 20.1 Å². The molecule has 1 aromatic heterocycles. The third-order valence-electron chi connectivity index (χ3n) is 3.74. The number of nitrogen functional groups attached to an aromatic ring is 1. The number of aromatic nitrogens is 2. The maximum absolute atomic E-state index is 11.9. The van der Waals surface area contributed by atoms with Crippen LogP contribution in [-0.2, 0) is 4.74 Å². The van der Waals surface area contributed by atoms with Crippen LogP contribution in [0.5, 0.6) is 0 Å². The summed E-state index contributed by atoms with van der Waals surface area (Å²) in [6.07, 6.45) is -4.26. The number of anilines is 3. The number of rotatable bonds is 2. The van der Waals surface area contributed by atoms with Gasteiger partial charge in [0.1, 0.15) is 24.0 Å². The van der Waals surface area contributed by atoms with E-state index in [0.29, 0.717) is 5.69 Å². The molecule has 0 spiro atoms. The highest BCUT2D eigenvalue weighted by Crippen LogP contribution is 2.35. The van der Waals surface area contributed by atoms with Gasteiger partial charge in [-0.25, -0.2) is 0 Å².